The largest absolute Gasteiger partial charge is 0.349 e. The number of rotatable bonds is 6. The Morgan fingerprint density at radius 3 is 2.55 bits per heavy atom. The van der Waals surface area contributed by atoms with Gasteiger partial charge in [0.2, 0.25) is 0 Å². The van der Waals surface area contributed by atoms with E-state index in [2.05, 4.69) is 56.4 Å². The number of halogens is 1. The molecule has 20 heavy (non-hydrogen) atoms. The second-order valence-corrected chi connectivity index (χ2v) is 6.69. The zero-order valence-corrected chi connectivity index (χ0v) is 14.0. The Morgan fingerprint density at radius 2 is 2.10 bits per heavy atom. The lowest BCUT2D eigenvalue weighted by molar-refractivity contribution is 0.424. The Morgan fingerprint density at radius 1 is 1.45 bits per heavy atom. The van der Waals surface area contributed by atoms with E-state index in [0.29, 0.717) is 11.1 Å². The van der Waals surface area contributed by atoms with Gasteiger partial charge in [0.25, 0.3) is 0 Å². The molecule has 1 N–H and O–H groups in total. The topological polar surface area (TPSA) is 28.2 Å². The van der Waals surface area contributed by atoms with Crippen molar-refractivity contribution in [3.8, 4) is 0 Å². The van der Waals surface area contributed by atoms with E-state index in [1.807, 2.05) is 18.3 Å². The molecule has 3 nitrogen and oxygen atoms in total. The number of pyridine rings is 1. The van der Waals surface area contributed by atoms with E-state index in [0.717, 1.165) is 24.5 Å². The first kappa shape index (κ1) is 17.0. The highest BCUT2D eigenvalue weighted by Gasteiger charge is 2.15. The molecule has 0 aliphatic rings. The summed E-state index contributed by atoms with van der Waals surface area (Å²) in [6, 6.07) is 2.32. The zero-order chi connectivity index (χ0) is 15.3. The average Bonchev–Trinajstić information content (AvgIpc) is 2.33. The van der Waals surface area contributed by atoms with Crippen LogP contribution in [-0.2, 0) is 6.54 Å². The van der Waals surface area contributed by atoms with Crippen LogP contribution in [0.4, 0.5) is 5.82 Å². The molecule has 1 aromatic heterocycles. The van der Waals surface area contributed by atoms with E-state index in [9.17, 15) is 0 Å². The highest BCUT2D eigenvalue weighted by atomic mass is 35.5. The van der Waals surface area contributed by atoms with Crippen LogP contribution in [0.3, 0.4) is 0 Å². The van der Waals surface area contributed by atoms with Gasteiger partial charge in [-0.2, -0.15) is 0 Å². The maximum absolute atomic E-state index is 6.39. The van der Waals surface area contributed by atoms with Gasteiger partial charge in [-0.15, -0.1) is 6.58 Å². The van der Waals surface area contributed by atoms with Crippen LogP contribution in [0.15, 0.2) is 24.9 Å². The third-order valence-corrected chi connectivity index (χ3v) is 3.20. The van der Waals surface area contributed by atoms with Crippen molar-refractivity contribution in [2.24, 2.45) is 0 Å². The van der Waals surface area contributed by atoms with Gasteiger partial charge in [-0.3, -0.25) is 0 Å². The number of nitrogens with one attached hydrogen (secondary N) is 1. The van der Waals surface area contributed by atoms with Crippen LogP contribution in [0.2, 0.25) is 5.02 Å². The van der Waals surface area contributed by atoms with Crippen molar-refractivity contribution in [2.45, 2.75) is 52.7 Å². The Hall–Kier alpha value is -1.06. The molecule has 0 amide bonds. The lowest BCUT2D eigenvalue weighted by Crippen LogP contribution is -2.35. The van der Waals surface area contributed by atoms with Crippen LogP contribution in [0.5, 0.6) is 0 Å². The SMILES string of the molecule is C=CCN(c1ncc(CNC(C)(C)C)cc1Cl)C(C)C. The molecule has 0 bridgehead atoms. The minimum atomic E-state index is 0.0813. The lowest BCUT2D eigenvalue weighted by Gasteiger charge is -2.27. The van der Waals surface area contributed by atoms with E-state index in [-0.39, 0.29) is 5.54 Å². The molecule has 0 unspecified atom stereocenters. The molecule has 0 fully saturated rings. The summed E-state index contributed by atoms with van der Waals surface area (Å²) in [5.41, 5.74) is 1.17. The van der Waals surface area contributed by atoms with Gasteiger partial charge >= 0.3 is 0 Å². The number of anilines is 1. The average molecular weight is 296 g/mol. The van der Waals surface area contributed by atoms with Gasteiger partial charge in [0.15, 0.2) is 0 Å². The van der Waals surface area contributed by atoms with Crippen molar-refractivity contribution in [1.29, 1.82) is 0 Å². The molecule has 1 heterocycles. The summed E-state index contributed by atoms with van der Waals surface area (Å²) in [5, 5.41) is 4.12. The number of aromatic nitrogens is 1. The van der Waals surface area contributed by atoms with E-state index in [4.69, 9.17) is 11.6 Å². The second kappa shape index (κ2) is 7.09. The van der Waals surface area contributed by atoms with E-state index in [1.54, 1.807) is 0 Å². The maximum atomic E-state index is 6.39. The normalized spacial score (nSPS) is 11.8. The summed E-state index contributed by atoms with van der Waals surface area (Å²) in [4.78, 5) is 6.66. The summed E-state index contributed by atoms with van der Waals surface area (Å²) in [5.74, 6) is 0.820. The van der Waals surface area contributed by atoms with Crippen molar-refractivity contribution in [3.05, 3.63) is 35.5 Å². The Kier molecular flexibility index (Phi) is 6.03. The third-order valence-electron chi connectivity index (χ3n) is 2.92. The van der Waals surface area contributed by atoms with E-state index < -0.39 is 0 Å². The smallest absolute Gasteiger partial charge is 0.147 e. The molecule has 0 spiro atoms. The molecular formula is C16H26ClN3. The molecular weight excluding hydrogens is 270 g/mol. The van der Waals surface area contributed by atoms with Crippen molar-refractivity contribution in [1.82, 2.24) is 10.3 Å². The molecule has 112 valence electrons. The van der Waals surface area contributed by atoms with Gasteiger partial charge < -0.3 is 10.2 Å². The fraction of sp³-hybridized carbons (Fsp3) is 0.562. The fourth-order valence-corrected chi connectivity index (χ4v) is 2.12. The predicted molar refractivity (Wildman–Crippen MR) is 88.5 cm³/mol. The molecule has 0 aromatic carbocycles. The van der Waals surface area contributed by atoms with E-state index in [1.165, 1.54) is 0 Å². The molecule has 1 aromatic rings. The summed E-state index contributed by atoms with van der Waals surface area (Å²) >= 11 is 6.39. The molecule has 0 aliphatic heterocycles. The molecule has 0 aliphatic carbocycles. The van der Waals surface area contributed by atoms with Crippen LogP contribution in [0.25, 0.3) is 0 Å². The van der Waals surface area contributed by atoms with Gasteiger partial charge in [0, 0.05) is 30.9 Å². The van der Waals surface area contributed by atoms with Crippen molar-refractivity contribution < 1.29 is 0 Å². The number of nitrogens with zero attached hydrogens (tertiary/aromatic N) is 2. The van der Waals surface area contributed by atoms with Crippen molar-refractivity contribution in [3.63, 3.8) is 0 Å². The number of hydrogen-bond acceptors (Lipinski definition) is 3. The minimum absolute atomic E-state index is 0.0813. The van der Waals surface area contributed by atoms with Crippen LogP contribution in [-0.4, -0.2) is 23.1 Å². The highest BCUT2D eigenvalue weighted by Crippen LogP contribution is 2.25. The first-order valence-corrected chi connectivity index (χ1v) is 7.39. The zero-order valence-electron chi connectivity index (χ0n) is 13.2. The van der Waals surface area contributed by atoms with Gasteiger partial charge in [-0.25, -0.2) is 4.98 Å². The fourth-order valence-electron chi connectivity index (χ4n) is 1.83. The first-order valence-electron chi connectivity index (χ1n) is 7.01. The Labute approximate surface area is 128 Å². The standard InChI is InChI=1S/C16H26ClN3/c1-7-8-20(12(2)3)15-14(17)9-13(10-18-15)11-19-16(4,5)6/h7,9-10,12,19H,1,8,11H2,2-6H3. The van der Waals surface area contributed by atoms with E-state index >= 15 is 0 Å². The van der Waals surface area contributed by atoms with Crippen molar-refractivity contribution >= 4 is 17.4 Å². The third kappa shape index (κ3) is 5.14. The van der Waals surface area contributed by atoms with Gasteiger partial charge in [-0.05, 0) is 46.2 Å². The maximum Gasteiger partial charge on any atom is 0.147 e. The summed E-state index contributed by atoms with van der Waals surface area (Å²) in [7, 11) is 0. The molecule has 0 atom stereocenters. The monoisotopic (exact) mass is 295 g/mol. The van der Waals surface area contributed by atoms with Crippen LogP contribution in [0, 0.1) is 0 Å². The lowest BCUT2D eigenvalue weighted by atomic mass is 10.1. The summed E-state index contributed by atoms with van der Waals surface area (Å²) < 4.78 is 0. The van der Waals surface area contributed by atoms with Gasteiger partial charge in [0.1, 0.15) is 5.82 Å². The minimum Gasteiger partial charge on any atom is -0.349 e. The molecule has 1 rings (SSSR count). The quantitative estimate of drug-likeness (QED) is 0.803. The van der Waals surface area contributed by atoms with Crippen LogP contribution < -0.4 is 10.2 Å². The Balaban J connectivity index is 2.89. The summed E-state index contributed by atoms with van der Waals surface area (Å²) in [6.45, 7) is 16.0. The molecule has 0 saturated carbocycles. The highest BCUT2D eigenvalue weighted by molar-refractivity contribution is 6.33. The second-order valence-electron chi connectivity index (χ2n) is 6.29. The van der Waals surface area contributed by atoms with Crippen molar-refractivity contribution in [2.75, 3.05) is 11.4 Å². The van der Waals surface area contributed by atoms with Gasteiger partial charge in [-0.1, -0.05) is 17.7 Å². The molecule has 4 heteroatoms. The Bertz CT molecular complexity index is 450. The molecule has 0 saturated heterocycles. The predicted octanol–water partition coefficient (Wildman–Crippen LogP) is 4.02. The first-order chi connectivity index (χ1) is 9.24. The van der Waals surface area contributed by atoms with Crippen LogP contribution >= 0.6 is 11.6 Å². The summed E-state index contributed by atoms with van der Waals surface area (Å²) in [6.07, 6.45) is 3.76. The number of hydrogen-bond donors (Lipinski definition) is 1. The van der Waals surface area contributed by atoms with Crippen LogP contribution in [0.1, 0.15) is 40.2 Å². The molecule has 0 radical (unpaired) electrons. The van der Waals surface area contributed by atoms with Gasteiger partial charge in [0.05, 0.1) is 5.02 Å².